The van der Waals surface area contributed by atoms with Crippen molar-refractivity contribution in [3.63, 3.8) is 0 Å². The molecule has 0 rings (SSSR count). The monoisotopic (exact) mass is 158 g/mol. The van der Waals surface area contributed by atoms with Crippen LogP contribution in [-0.4, -0.2) is 16.9 Å². The first kappa shape index (κ1) is 10.1. The van der Waals surface area contributed by atoms with E-state index in [1.54, 1.807) is 0 Å². The van der Waals surface area contributed by atoms with Gasteiger partial charge >= 0.3 is 5.97 Å². The van der Waals surface area contributed by atoms with Gasteiger partial charge in [0.15, 0.2) is 0 Å². The zero-order chi connectivity index (χ0) is 8.85. The Kier molecular flexibility index (Phi) is 4.50. The van der Waals surface area contributed by atoms with Gasteiger partial charge in [-0.05, 0) is 13.3 Å². The topological polar surface area (TPSA) is 54.4 Å². The van der Waals surface area contributed by atoms with Gasteiger partial charge in [0.2, 0.25) is 0 Å². The Morgan fingerprint density at radius 3 is 2.36 bits per heavy atom. The highest BCUT2D eigenvalue weighted by Crippen LogP contribution is 2.04. The van der Waals surface area contributed by atoms with Gasteiger partial charge in [-0.3, -0.25) is 9.59 Å². The highest BCUT2D eigenvalue weighted by molar-refractivity contribution is 5.97. The Morgan fingerprint density at radius 1 is 1.45 bits per heavy atom. The van der Waals surface area contributed by atoms with Crippen LogP contribution in [0.15, 0.2) is 0 Å². The van der Waals surface area contributed by atoms with Gasteiger partial charge in [-0.2, -0.15) is 0 Å². The molecule has 0 bridgehead atoms. The Morgan fingerprint density at radius 2 is 2.00 bits per heavy atom. The molecule has 0 unspecified atom stereocenters. The molecular formula is C8H14O3. The number of aliphatic carboxylic acids is 1. The van der Waals surface area contributed by atoms with Crippen LogP contribution in [0.4, 0.5) is 0 Å². The molecule has 1 atom stereocenters. The van der Waals surface area contributed by atoms with Crippen LogP contribution >= 0.6 is 0 Å². The lowest BCUT2D eigenvalue weighted by molar-refractivity contribution is -0.145. The van der Waals surface area contributed by atoms with Gasteiger partial charge in [-0.25, -0.2) is 0 Å². The standard InChI is InChI=1S/C8H14O3/c1-3-4-5-7(9)6(2)8(10)11/h6H,3-5H2,1-2H3,(H,10,11)/t6-/m0/s1. The zero-order valence-corrected chi connectivity index (χ0v) is 6.96. The van der Waals surface area contributed by atoms with Crippen molar-refractivity contribution < 1.29 is 14.7 Å². The van der Waals surface area contributed by atoms with Crippen LogP contribution in [0.2, 0.25) is 0 Å². The number of ketones is 1. The Hall–Kier alpha value is -0.860. The molecule has 0 amide bonds. The number of carboxylic acid groups (broad SMARTS) is 1. The van der Waals surface area contributed by atoms with Crippen molar-refractivity contribution in [1.82, 2.24) is 0 Å². The molecule has 0 saturated heterocycles. The molecule has 0 fully saturated rings. The number of unbranched alkanes of at least 4 members (excludes halogenated alkanes) is 1. The third-order valence-electron chi connectivity index (χ3n) is 1.63. The molecule has 0 aromatic heterocycles. The molecule has 0 aliphatic carbocycles. The minimum absolute atomic E-state index is 0.167. The predicted octanol–water partition coefficient (Wildman–Crippen LogP) is 1.47. The van der Waals surface area contributed by atoms with Crippen molar-refractivity contribution in [3.05, 3.63) is 0 Å². The molecule has 0 radical (unpaired) electrons. The fraction of sp³-hybridized carbons (Fsp3) is 0.750. The third kappa shape index (κ3) is 3.75. The molecule has 0 spiro atoms. The van der Waals surface area contributed by atoms with Gasteiger partial charge in [0.05, 0.1) is 0 Å². The summed E-state index contributed by atoms with van der Waals surface area (Å²) in [6.07, 6.45) is 2.11. The van der Waals surface area contributed by atoms with Crippen molar-refractivity contribution in [2.75, 3.05) is 0 Å². The molecule has 0 aromatic rings. The lowest BCUT2D eigenvalue weighted by Gasteiger charge is -2.02. The van der Waals surface area contributed by atoms with Crippen molar-refractivity contribution in [2.45, 2.75) is 33.1 Å². The molecule has 0 aromatic carbocycles. The second-order valence-electron chi connectivity index (χ2n) is 2.63. The van der Waals surface area contributed by atoms with Crippen molar-refractivity contribution >= 4 is 11.8 Å². The van der Waals surface area contributed by atoms with Gasteiger partial charge in [0, 0.05) is 6.42 Å². The van der Waals surface area contributed by atoms with E-state index in [1.165, 1.54) is 6.92 Å². The fourth-order valence-electron chi connectivity index (χ4n) is 0.705. The third-order valence-corrected chi connectivity index (χ3v) is 1.63. The first-order valence-electron chi connectivity index (χ1n) is 3.85. The van der Waals surface area contributed by atoms with Crippen molar-refractivity contribution in [2.24, 2.45) is 5.92 Å². The van der Waals surface area contributed by atoms with Crippen LogP contribution in [-0.2, 0) is 9.59 Å². The summed E-state index contributed by atoms with van der Waals surface area (Å²) in [5.74, 6) is -2.02. The highest BCUT2D eigenvalue weighted by atomic mass is 16.4. The fourth-order valence-corrected chi connectivity index (χ4v) is 0.705. The highest BCUT2D eigenvalue weighted by Gasteiger charge is 2.18. The minimum Gasteiger partial charge on any atom is -0.481 e. The molecule has 64 valence electrons. The maximum absolute atomic E-state index is 11.0. The van der Waals surface area contributed by atoms with Crippen molar-refractivity contribution in [3.8, 4) is 0 Å². The maximum Gasteiger partial charge on any atom is 0.313 e. The number of carboxylic acids is 1. The van der Waals surface area contributed by atoms with E-state index >= 15 is 0 Å². The van der Waals surface area contributed by atoms with Gasteiger partial charge in [0.1, 0.15) is 11.7 Å². The average molecular weight is 158 g/mol. The van der Waals surface area contributed by atoms with Crippen LogP contribution in [0.1, 0.15) is 33.1 Å². The van der Waals surface area contributed by atoms with Crippen molar-refractivity contribution in [1.29, 1.82) is 0 Å². The molecule has 0 aliphatic rings. The summed E-state index contributed by atoms with van der Waals surface area (Å²) in [6.45, 7) is 3.40. The number of hydrogen-bond acceptors (Lipinski definition) is 2. The number of carbonyl (C=O) groups excluding carboxylic acids is 1. The summed E-state index contributed by atoms with van der Waals surface area (Å²) in [5.41, 5.74) is 0. The van der Waals surface area contributed by atoms with Crippen LogP contribution in [0, 0.1) is 5.92 Å². The summed E-state index contributed by atoms with van der Waals surface area (Å²) >= 11 is 0. The first-order valence-corrected chi connectivity index (χ1v) is 3.85. The van der Waals surface area contributed by atoms with Gasteiger partial charge in [0.25, 0.3) is 0 Å². The molecule has 0 heterocycles. The van der Waals surface area contributed by atoms with E-state index in [4.69, 9.17) is 5.11 Å². The number of hydrogen-bond donors (Lipinski definition) is 1. The van der Waals surface area contributed by atoms with E-state index in [0.29, 0.717) is 6.42 Å². The van der Waals surface area contributed by atoms with Gasteiger partial charge in [-0.15, -0.1) is 0 Å². The predicted molar refractivity (Wildman–Crippen MR) is 41.3 cm³/mol. The Bertz CT molecular complexity index is 151. The molecule has 3 heteroatoms. The van der Waals surface area contributed by atoms with Crippen LogP contribution in [0.3, 0.4) is 0 Å². The molecule has 0 aliphatic heterocycles. The average Bonchev–Trinajstić information content (AvgIpc) is 1.98. The van der Waals surface area contributed by atoms with Crippen LogP contribution in [0.5, 0.6) is 0 Å². The molecular weight excluding hydrogens is 144 g/mol. The molecule has 11 heavy (non-hydrogen) atoms. The quantitative estimate of drug-likeness (QED) is 0.616. The summed E-state index contributed by atoms with van der Waals surface area (Å²) in [4.78, 5) is 21.2. The number of Topliss-reactive ketones (excluding diaryl/α,β-unsaturated/α-hetero) is 1. The number of carbonyl (C=O) groups is 2. The molecule has 0 saturated carbocycles. The summed E-state index contributed by atoms with van der Waals surface area (Å²) in [5, 5.41) is 8.43. The largest absolute Gasteiger partial charge is 0.481 e. The summed E-state index contributed by atoms with van der Waals surface area (Å²) < 4.78 is 0. The van der Waals surface area contributed by atoms with E-state index in [9.17, 15) is 9.59 Å². The van der Waals surface area contributed by atoms with Crippen LogP contribution in [0.25, 0.3) is 0 Å². The van der Waals surface area contributed by atoms with Crippen LogP contribution < -0.4 is 0 Å². The van der Waals surface area contributed by atoms with E-state index in [1.807, 2.05) is 6.92 Å². The zero-order valence-electron chi connectivity index (χ0n) is 6.96. The smallest absolute Gasteiger partial charge is 0.313 e. The van der Waals surface area contributed by atoms with Gasteiger partial charge in [-0.1, -0.05) is 13.3 Å². The molecule has 3 nitrogen and oxygen atoms in total. The van der Waals surface area contributed by atoms with Gasteiger partial charge < -0.3 is 5.11 Å². The second kappa shape index (κ2) is 4.88. The van der Waals surface area contributed by atoms with E-state index in [0.717, 1.165) is 12.8 Å². The normalized spacial score (nSPS) is 12.5. The number of rotatable bonds is 5. The second-order valence-corrected chi connectivity index (χ2v) is 2.63. The maximum atomic E-state index is 11.0. The Labute approximate surface area is 66.4 Å². The first-order chi connectivity index (χ1) is 5.09. The lowest BCUT2D eigenvalue weighted by atomic mass is 10.0. The SMILES string of the molecule is CCCCC(=O)[C@H](C)C(=O)O. The van der Waals surface area contributed by atoms with E-state index in [-0.39, 0.29) is 5.78 Å². The molecule has 1 N–H and O–H groups in total. The Balaban J connectivity index is 3.74. The summed E-state index contributed by atoms with van der Waals surface area (Å²) in [7, 11) is 0. The van der Waals surface area contributed by atoms with E-state index in [2.05, 4.69) is 0 Å². The minimum atomic E-state index is -1.02. The van der Waals surface area contributed by atoms with E-state index < -0.39 is 11.9 Å². The summed E-state index contributed by atoms with van der Waals surface area (Å²) in [6, 6.07) is 0. The lowest BCUT2D eigenvalue weighted by Crippen LogP contribution is -2.19.